The van der Waals surface area contributed by atoms with E-state index in [0.717, 1.165) is 21.8 Å². The molecule has 0 saturated heterocycles. The second-order valence-electron chi connectivity index (χ2n) is 5.44. The number of anilines is 3. The Hall–Kier alpha value is -3.26. The van der Waals surface area contributed by atoms with E-state index in [9.17, 15) is 4.79 Å². The number of thiophene rings is 1. The van der Waals surface area contributed by atoms with Gasteiger partial charge in [0.05, 0.1) is 16.3 Å². The minimum Gasteiger partial charge on any atom is -0.383 e. The zero-order valence-corrected chi connectivity index (χ0v) is 15.0. The van der Waals surface area contributed by atoms with Crippen molar-refractivity contribution in [2.75, 3.05) is 23.4 Å². The Bertz CT molecular complexity index is 906. The number of carbonyl (C=O) groups excluding carboxylic acids is 1. The maximum Gasteiger partial charge on any atom is 0.324 e. The van der Waals surface area contributed by atoms with Gasteiger partial charge in [0.25, 0.3) is 0 Å². The molecule has 0 fully saturated rings. The van der Waals surface area contributed by atoms with E-state index in [1.165, 1.54) is 17.7 Å². The second kappa shape index (κ2) is 8.21. The van der Waals surface area contributed by atoms with Crippen molar-refractivity contribution in [2.24, 2.45) is 4.99 Å². The molecule has 2 heterocycles. The second-order valence-corrected chi connectivity index (χ2v) is 6.38. The van der Waals surface area contributed by atoms with E-state index in [2.05, 4.69) is 25.6 Å². The predicted molar refractivity (Wildman–Crippen MR) is 106 cm³/mol. The van der Waals surface area contributed by atoms with Crippen molar-refractivity contribution in [1.82, 2.24) is 9.97 Å². The molecule has 2 amide bonds. The number of nitrogen functional groups attached to an aromatic ring is 1. The summed E-state index contributed by atoms with van der Waals surface area (Å²) in [6.45, 7) is 0. The van der Waals surface area contributed by atoms with Crippen molar-refractivity contribution in [3.63, 3.8) is 0 Å². The van der Waals surface area contributed by atoms with Crippen molar-refractivity contribution in [2.45, 2.75) is 6.42 Å². The number of hydrogen-bond donors (Lipinski definition) is 3. The van der Waals surface area contributed by atoms with E-state index in [1.807, 2.05) is 41.8 Å². The van der Waals surface area contributed by atoms with E-state index in [0.29, 0.717) is 17.9 Å². The molecule has 0 aliphatic heterocycles. The molecular weight excluding hydrogens is 348 g/mol. The van der Waals surface area contributed by atoms with Crippen LogP contribution in [0.15, 0.2) is 53.1 Å². The van der Waals surface area contributed by atoms with Gasteiger partial charge in [0.1, 0.15) is 12.1 Å². The van der Waals surface area contributed by atoms with Crippen molar-refractivity contribution in [1.29, 1.82) is 0 Å². The highest BCUT2D eigenvalue weighted by Gasteiger charge is 2.09. The van der Waals surface area contributed by atoms with E-state index in [-0.39, 0.29) is 6.03 Å². The summed E-state index contributed by atoms with van der Waals surface area (Å²) in [6, 6.07) is 11.0. The number of carbonyl (C=O) groups is 1. The van der Waals surface area contributed by atoms with Crippen molar-refractivity contribution in [3.05, 3.63) is 64.9 Å². The van der Waals surface area contributed by atoms with Crippen molar-refractivity contribution < 1.29 is 4.79 Å². The molecule has 0 bridgehead atoms. The SMILES string of the molecule is CN=Cc1c(N)ncnc1Cc1ccc(NC(=O)Nc2cccs2)cc1. The zero-order chi connectivity index (χ0) is 18.4. The van der Waals surface area contributed by atoms with Crippen LogP contribution in [0.2, 0.25) is 0 Å². The lowest BCUT2D eigenvalue weighted by atomic mass is 10.1. The molecule has 0 radical (unpaired) electrons. The minimum atomic E-state index is -0.273. The number of urea groups is 1. The number of nitrogens with one attached hydrogen (secondary N) is 2. The molecule has 0 aliphatic rings. The van der Waals surface area contributed by atoms with Crippen LogP contribution in [-0.4, -0.2) is 29.3 Å². The topological polar surface area (TPSA) is 105 Å². The lowest BCUT2D eigenvalue weighted by Crippen LogP contribution is -2.18. The van der Waals surface area contributed by atoms with Gasteiger partial charge in [0, 0.05) is 25.4 Å². The van der Waals surface area contributed by atoms with Crippen LogP contribution in [-0.2, 0) is 6.42 Å². The summed E-state index contributed by atoms with van der Waals surface area (Å²) in [6.07, 6.45) is 3.70. The molecule has 26 heavy (non-hydrogen) atoms. The fourth-order valence-corrected chi connectivity index (χ4v) is 2.99. The summed E-state index contributed by atoms with van der Waals surface area (Å²) in [5.74, 6) is 0.407. The van der Waals surface area contributed by atoms with Gasteiger partial charge in [-0.05, 0) is 35.2 Å². The number of aliphatic imine (C=N–C) groups is 1. The maximum absolute atomic E-state index is 11.9. The van der Waals surface area contributed by atoms with Gasteiger partial charge in [-0.1, -0.05) is 12.1 Å². The average Bonchev–Trinajstić information content (AvgIpc) is 3.12. The molecule has 3 rings (SSSR count). The Morgan fingerprint density at radius 2 is 2.04 bits per heavy atom. The predicted octanol–water partition coefficient (Wildman–Crippen LogP) is 3.40. The number of aromatic nitrogens is 2. The van der Waals surface area contributed by atoms with E-state index in [1.54, 1.807) is 13.3 Å². The fraction of sp³-hybridized carbons (Fsp3) is 0.111. The fourth-order valence-electron chi connectivity index (χ4n) is 2.38. The summed E-state index contributed by atoms with van der Waals surface area (Å²) in [5, 5.41) is 8.28. The number of amides is 2. The first kappa shape index (κ1) is 17.6. The van der Waals surface area contributed by atoms with Crippen LogP contribution in [0.25, 0.3) is 0 Å². The van der Waals surface area contributed by atoms with Crippen molar-refractivity contribution in [3.8, 4) is 0 Å². The number of hydrogen-bond acceptors (Lipinski definition) is 6. The first-order chi connectivity index (χ1) is 12.7. The van der Waals surface area contributed by atoms with Gasteiger partial charge in [-0.2, -0.15) is 0 Å². The monoisotopic (exact) mass is 366 g/mol. The Kier molecular flexibility index (Phi) is 5.55. The molecule has 0 atom stereocenters. The lowest BCUT2D eigenvalue weighted by molar-refractivity contribution is 0.262. The van der Waals surface area contributed by atoms with Crippen LogP contribution in [0.1, 0.15) is 16.8 Å². The van der Waals surface area contributed by atoms with Gasteiger partial charge in [-0.3, -0.25) is 10.3 Å². The zero-order valence-electron chi connectivity index (χ0n) is 14.1. The maximum atomic E-state index is 11.9. The molecule has 4 N–H and O–H groups in total. The minimum absolute atomic E-state index is 0.273. The third-order valence-corrected chi connectivity index (χ3v) is 4.38. The summed E-state index contributed by atoms with van der Waals surface area (Å²) in [4.78, 5) is 24.3. The standard InChI is InChI=1S/C18H18N6OS/c1-20-10-14-15(21-11-22-17(14)19)9-12-4-6-13(7-5-12)23-18(25)24-16-3-2-8-26-16/h2-8,10-11H,9H2,1H3,(H2,19,21,22)(H2,23,24,25). The van der Waals surface area contributed by atoms with Gasteiger partial charge in [0.15, 0.2) is 0 Å². The van der Waals surface area contributed by atoms with Gasteiger partial charge in [-0.25, -0.2) is 14.8 Å². The Morgan fingerprint density at radius 1 is 1.23 bits per heavy atom. The number of benzene rings is 1. The van der Waals surface area contributed by atoms with Crippen LogP contribution in [0.5, 0.6) is 0 Å². The molecule has 0 spiro atoms. The van der Waals surface area contributed by atoms with Gasteiger partial charge < -0.3 is 11.1 Å². The third-order valence-electron chi connectivity index (χ3n) is 3.60. The molecular formula is C18H18N6OS. The Labute approximate surface area is 155 Å². The molecule has 0 unspecified atom stereocenters. The number of nitrogens with zero attached hydrogens (tertiary/aromatic N) is 3. The largest absolute Gasteiger partial charge is 0.383 e. The van der Waals surface area contributed by atoms with Gasteiger partial charge in [0.2, 0.25) is 0 Å². The molecule has 7 nitrogen and oxygen atoms in total. The highest BCUT2D eigenvalue weighted by Crippen LogP contribution is 2.18. The van der Waals surface area contributed by atoms with Crippen LogP contribution in [0, 0.1) is 0 Å². The quantitative estimate of drug-likeness (QED) is 0.602. The van der Waals surface area contributed by atoms with E-state index >= 15 is 0 Å². The number of rotatable bonds is 5. The summed E-state index contributed by atoms with van der Waals surface area (Å²) in [5.41, 5.74) is 9.18. The first-order valence-corrected chi connectivity index (χ1v) is 8.75. The molecule has 3 aromatic rings. The molecule has 0 aliphatic carbocycles. The molecule has 8 heteroatoms. The van der Waals surface area contributed by atoms with E-state index in [4.69, 9.17) is 5.73 Å². The van der Waals surface area contributed by atoms with Gasteiger partial charge in [-0.15, -0.1) is 11.3 Å². The van der Waals surface area contributed by atoms with E-state index < -0.39 is 0 Å². The molecule has 1 aromatic carbocycles. The van der Waals surface area contributed by atoms with Gasteiger partial charge >= 0.3 is 6.03 Å². The summed E-state index contributed by atoms with van der Waals surface area (Å²) < 4.78 is 0. The highest BCUT2D eigenvalue weighted by molar-refractivity contribution is 7.14. The van der Waals surface area contributed by atoms with Crippen molar-refractivity contribution >= 4 is 40.1 Å². The summed E-state index contributed by atoms with van der Waals surface area (Å²) >= 11 is 1.47. The Morgan fingerprint density at radius 3 is 2.73 bits per heavy atom. The van der Waals surface area contributed by atoms with Crippen LogP contribution in [0.4, 0.5) is 21.3 Å². The number of nitrogens with two attached hydrogens (primary N) is 1. The summed E-state index contributed by atoms with van der Waals surface area (Å²) in [7, 11) is 1.68. The Balaban J connectivity index is 1.67. The molecule has 132 valence electrons. The normalized spacial score (nSPS) is 10.8. The first-order valence-electron chi connectivity index (χ1n) is 7.87. The lowest BCUT2D eigenvalue weighted by Gasteiger charge is -2.09. The molecule has 0 saturated carbocycles. The molecule has 2 aromatic heterocycles. The van der Waals surface area contributed by atoms with Crippen LogP contribution in [0.3, 0.4) is 0 Å². The van der Waals surface area contributed by atoms with Crippen LogP contribution >= 0.6 is 11.3 Å². The smallest absolute Gasteiger partial charge is 0.324 e. The average molecular weight is 366 g/mol. The van der Waals surface area contributed by atoms with Crippen LogP contribution < -0.4 is 16.4 Å². The highest BCUT2D eigenvalue weighted by atomic mass is 32.1. The third kappa shape index (κ3) is 4.42.